The van der Waals surface area contributed by atoms with Gasteiger partial charge in [-0.3, -0.25) is 14.1 Å². The Hall–Kier alpha value is -2.42. The molecule has 0 spiro atoms. The zero-order valence-electron chi connectivity index (χ0n) is 16.2. The van der Waals surface area contributed by atoms with Crippen molar-refractivity contribution in [2.24, 2.45) is 0 Å². The lowest BCUT2D eigenvalue weighted by molar-refractivity contribution is 0.296. The quantitative estimate of drug-likeness (QED) is 0.267. The highest BCUT2D eigenvalue weighted by molar-refractivity contribution is 7.99. The molecule has 5 rings (SSSR count). The molecule has 154 valence electrons. The van der Waals surface area contributed by atoms with Gasteiger partial charge in [0.05, 0.1) is 29.3 Å². The van der Waals surface area contributed by atoms with Crippen molar-refractivity contribution >= 4 is 45.3 Å². The van der Waals surface area contributed by atoms with Crippen LogP contribution in [0.4, 0.5) is 0 Å². The Morgan fingerprint density at radius 1 is 1.20 bits per heavy atom. The van der Waals surface area contributed by atoms with E-state index in [1.54, 1.807) is 28.7 Å². The molecule has 7 nitrogen and oxygen atoms in total. The number of hydrogen-bond donors (Lipinski definition) is 1. The summed E-state index contributed by atoms with van der Waals surface area (Å²) in [5.41, 5.74) is 2.39. The number of nitrogens with zero attached hydrogens (tertiary/aromatic N) is 5. The molecular formula is C21H20ClN5O2S. The van der Waals surface area contributed by atoms with Crippen LogP contribution in [0.1, 0.15) is 31.1 Å². The van der Waals surface area contributed by atoms with E-state index in [0.717, 1.165) is 45.6 Å². The number of fused-ring (bicyclic) bond motifs is 2. The average Bonchev–Trinajstić information content (AvgIpc) is 3.53. The summed E-state index contributed by atoms with van der Waals surface area (Å²) in [7, 11) is 0. The van der Waals surface area contributed by atoms with E-state index in [4.69, 9.17) is 26.7 Å². The van der Waals surface area contributed by atoms with Crippen LogP contribution >= 0.6 is 23.4 Å². The standard InChI is InChI=1S/C21H20ClN5O2S/c22-13-2-5-15-16(10-13)24-19(25-20(15)30-9-1-8-28)12-26-18-11-23-7-6-17(18)27(21(26)29)14-3-4-14/h2,5-7,10-11,14,28H,1,3-4,8-9,12H2. The fourth-order valence-electron chi connectivity index (χ4n) is 3.64. The second-order valence-electron chi connectivity index (χ2n) is 7.37. The molecular weight excluding hydrogens is 422 g/mol. The summed E-state index contributed by atoms with van der Waals surface area (Å²) in [5, 5.41) is 11.5. The van der Waals surface area contributed by atoms with Crippen LogP contribution in [0.15, 0.2) is 46.5 Å². The Kier molecular flexibility index (Phi) is 5.22. The average molecular weight is 442 g/mol. The molecule has 1 aliphatic rings. The lowest BCUT2D eigenvalue weighted by Crippen LogP contribution is -2.25. The van der Waals surface area contributed by atoms with Crippen molar-refractivity contribution in [1.82, 2.24) is 24.1 Å². The molecule has 1 aliphatic carbocycles. The van der Waals surface area contributed by atoms with Gasteiger partial charge in [0.25, 0.3) is 0 Å². The minimum absolute atomic E-state index is 0.0511. The molecule has 0 bridgehead atoms. The Balaban J connectivity index is 1.60. The first-order valence-electron chi connectivity index (χ1n) is 9.90. The van der Waals surface area contributed by atoms with E-state index in [0.29, 0.717) is 17.3 Å². The van der Waals surface area contributed by atoms with Gasteiger partial charge in [-0.2, -0.15) is 0 Å². The van der Waals surface area contributed by atoms with E-state index in [2.05, 4.69) is 4.98 Å². The highest BCUT2D eigenvalue weighted by atomic mass is 35.5. The number of aromatic nitrogens is 5. The number of thioether (sulfide) groups is 1. The Morgan fingerprint density at radius 3 is 2.87 bits per heavy atom. The molecule has 0 saturated heterocycles. The Morgan fingerprint density at radius 2 is 2.07 bits per heavy atom. The topological polar surface area (TPSA) is 85.8 Å². The van der Waals surface area contributed by atoms with Gasteiger partial charge < -0.3 is 5.11 Å². The molecule has 1 fully saturated rings. The monoisotopic (exact) mass is 441 g/mol. The van der Waals surface area contributed by atoms with Crippen molar-refractivity contribution in [2.45, 2.75) is 36.9 Å². The van der Waals surface area contributed by atoms with E-state index in [1.807, 2.05) is 28.8 Å². The summed E-state index contributed by atoms with van der Waals surface area (Å²) in [5.74, 6) is 1.30. The first-order chi connectivity index (χ1) is 14.7. The van der Waals surface area contributed by atoms with E-state index in [9.17, 15) is 4.79 Å². The molecule has 1 N–H and O–H groups in total. The number of aliphatic hydroxyl groups is 1. The SMILES string of the molecule is O=c1n(Cc2nc(SCCCO)c3ccc(Cl)cc3n2)c2cnccc2n1C1CC1. The molecule has 0 amide bonds. The van der Waals surface area contributed by atoms with Gasteiger partial charge in [0, 0.05) is 35.0 Å². The first kappa shape index (κ1) is 19.5. The van der Waals surface area contributed by atoms with Gasteiger partial charge in [-0.05, 0) is 43.5 Å². The van der Waals surface area contributed by atoms with Gasteiger partial charge in [0.2, 0.25) is 0 Å². The molecule has 0 radical (unpaired) electrons. The second-order valence-corrected chi connectivity index (χ2v) is 8.89. The highest BCUT2D eigenvalue weighted by Crippen LogP contribution is 2.36. The summed E-state index contributed by atoms with van der Waals surface area (Å²) in [6.07, 6.45) is 6.18. The van der Waals surface area contributed by atoms with E-state index >= 15 is 0 Å². The summed E-state index contributed by atoms with van der Waals surface area (Å²) < 4.78 is 3.57. The number of hydrogen-bond acceptors (Lipinski definition) is 6. The van der Waals surface area contributed by atoms with E-state index in [-0.39, 0.29) is 24.9 Å². The first-order valence-corrected chi connectivity index (χ1v) is 11.3. The number of benzene rings is 1. The molecule has 9 heteroatoms. The van der Waals surface area contributed by atoms with Crippen molar-refractivity contribution in [3.63, 3.8) is 0 Å². The molecule has 1 saturated carbocycles. The predicted molar refractivity (Wildman–Crippen MR) is 118 cm³/mol. The lowest BCUT2D eigenvalue weighted by atomic mass is 10.2. The third kappa shape index (κ3) is 3.59. The van der Waals surface area contributed by atoms with Gasteiger partial charge >= 0.3 is 5.69 Å². The number of pyridine rings is 1. The molecule has 4 aromatic rings. The number of aliphatic hydroxyl groups excluding tert-OH is 1. The maximum absolute atomic E-state index is 13.2. The van der Waals surface area contributed by atoms with Crippen LogP contribution in [0.3, 0.4) is 0 Å². The lowest BCUT2D eigenvalue weighted by Gasteiger charge is -2.09. The third-order valence-corrected chi connectivity index (χ3v) is 6.50. The normalized spacial score (nSPS) is 14.1. The fourth-order valence-corrected chi connectivity index (χ4v) is 4.77. The number of imidazole rings is 1. The van der Waals surface area contributed by atoms with Crippen LogP contribution in [0.2, 0.25) is 5.02 Å². The van der Waals surface area contributed by atoms with Gasteiger partial charge in [-0.25, -0.2) is 14.8 Å². The summed E-state index contributed by atoms with van der Waals surface area (Å²) in [6.45, 7) is 0.397. The van der Waals surface area contributed by atoms with Crippen LogP contribution < -0.4 is 5.69 Å². The molecule has 30 heavy (non-hydrogen) atoms. The van der Waals surface area contributed by atoms with Crippen molar-refractivity contribution in [1.29, 1.82) is 0 Å². The van der Waals surface area contributed by atoms with Crippen LogP contribution in [-0.4, -0.2) is 41.6 Å². The maximum atomic E-state index is 13.2. The van der Waals surface area contributed by atoms with Crippen molar-refractivity contribution < 1.29 is 5.11 Å². The van der Waals surface area contributed by atoms with Crippen molar-refractivity contribution in [3.05, 3.63) is 58.0 Å². The number of halogens is 1. The molecule has 0 atom stereocenters. The zero-order valence-corrected chi connectivity index (χ0v) is 17.7. The molecule has 0 aliphatic heterocycles. The third-order valence-electron chi connectivity index (χ3n) is 5.19. The molecule has 3 aromatic heterocycles. The summed E-state index contributed by atoms with van der Waals surface area (Å²) >= 11 is 7.77. The highest BCUT2D eigenvalue weighted by Gasteiger charge is 2.29. The van der Waals surface area contributed by atoms with Gasteiger partial charge in [0.1, 0.15) is 10.9 Å². The molecule has 3 heterocycles. The van der Waals surface area contributed by atoms with Crippen molar-refractivity contribution in [3.8, 4) is 0 Å². The zero-order chi connectivity index (χ0) is 20.7. The van der Waals surface area contributed by atoms with E-state index in [1.165, 1.54) is 0 Å². The predicted octanol–water partition coefficient (Wildman–Crippen LogP) is 3.65. The molecule has 0 unspecified atom stereocenters. The smallest absolute Gasteiger partial charge is 0.329 e. The summed E-state index contributed by atoms with van der Waals surface area (Å²) in [6, 6.07) is 7.71. The summed E-state index contributed by atoms with van der Waals surface area (Å²) in [4.78, 5) is 26.8. The van der Waals surface area contributed by atoms with Gasteiger partial charge in [-0.1, -0.05) is 11.6 Å². The Labute approximate surface area is 181 Å². The largest absolute Gasteiger partial charge is 0.396 e. The second kappa shape index (κ2) is 8.02. The van der Waals surface area contributed by atoms with Gasteiger partial charge in [-0.15, -0.1) is 11.8 Å². The minimum Gasteiger partial charge on any atom is -0.396 e. The number of rotatable bonds is 7. The van der Waals surface area contributed by atoms with Gasteiger partial charge in [0.15, 0.2) is 0 Å². The van der Waals surface area contributed by atoms with Crippen LogP contribution in [0.5, 0.6) is 0 Å². The van der Waals surface area contributed by atoms with Crippen LogP contribution in [0, 0.1) is 0 Å². The minimum atomic E-state index is -0.0511. The van der Waals surface area contributed by atoms with E-state index < -0.39 is 0 Å². The van der Waals surface area contributed by atoms with Crippen LogP contribution in [-0.2, 0) is 6.54 Å². The fraction of sp³-hybridized carbons (Fsp3) is 0.333. The Bertz CT molecular complexity index is 1300. The maximum Gasteiger partial charge on any atom is 0.329 e. The van der Waals surface area contributed by atoms with Crippen molar-refractivity contribution in [2.75, 3.05) is 12.4 Å². The molecule has 1 aromatic carbocycles. The van der Waals surface area contributed by atoms with Crippen LogP contribution in [0.25, 0.3) is 21.9 Å².